The van der Waals surface area contributed by atoms with Crippen molar-refractivity contribution in [2.24, 2.45) is 29.2 Å². The second kappa shape index (κ2) is 12.7. The van der Waals surface area contributed by atoms with Crippen molar-refractivity contribution in [2.45, 2.75) is 83.1 Å². The van der Waals surface area contributed by atoms with Crippen LogP contribution in [-0.2, 0) is 14.4 Å². The molecule has 1 aliphatic carbocycles. The van der Waals surface area contributed by atoms with Gasteiger partial charge in [0.25, 0.3) is 0 Å². The van der Waals surface area contributed by atoms with Gasteiger partial charge in [-0.15, -0.1) is 0 Å². The van der Waals surface area contributed by atoms with E-state index in [4.69, 9.17) is 25.7 Å². The summed E-state index contributed by atoms with van der Waals surface area (Å²) in [5, 5.41) is 0. The highest BCUT2D eigenvalue weighted by Crippen LogP contribution is 2.47. The molecule has 1 heterocycles. The summed E-state index contributed by atoms with van der Waals surface area (Å²) in [5.74, 6) is -1.36. The number of rotatable bonds is 11. The third-order valence-electron chi connectivity index (χ3n) is 8.42. The van der Waals surface area contributed by atoms with Gasteiger partial charge in [-0.05, 0) is 68.1 Å². The van der Waals surface area contributed by atoms with Crippen LogP contribution in [0.15, 0.2) is 12.1 Å². The number of hydrogen-bond acceptors (Lipinski definition) is 6. The Bertz CT molecular complexity index is 981. The Labute approximate surface area is 226 Å². The second-order valence-corrected chi connectivity index (χ2v) is 11.2. The molecule has 0 spiro atoms. The monoisotopic (exact) mass is 531 g/mol. The van der Waals surface area contributed by atoms with Crippen LogP contribution in [0.1, 0.15) is 83.1 Å². The van der Waals surface area contributed by atoms with E-state index in [0.29, 0.717) is 43.1 Å². The lowest BCUT2D eigenvalue weighted by atomic mass is 9.69. The minimum absolute atomic E-state index is 0.0590. The number of nitrogens with two attached hydrogens (primary N) is 2. The fourth-order valence-electron chi connectivity index (χ4n) is 6.65. The van der Waals surface area contributed by atoms with Crippen LogP contribution in [0.2, 0.25) is 0 Å². The molecule has 1 unspecified atom stereocenters. The van der Waals surface area contributed by atoms with Crippen molar-refractivity contribution in [1.29, 1.82) is 0 Å². The van der Waals surface area contributed by atoms with Gasteiger partial charge in [-0.3, -0.25) is 14.4 Å². The van der Waals surface area contributed by atoms with Crippen molar-refractivity contribution in [3.05, 3.63) is 17.7 Å². The van der Waals surface area contributed by atoms with Crippen molar-refractivity contribution in [1.82, 2.24) is 4.90 Å². The van der Waals surface area contributed by atoms with Gasteiger partial charge >= 0.3 is 0 Å². The van der Waals surface area contributed by atoms with Crippen LogP contribution < -0.4 is 25.7 Å². The number of methoxy groups -OCH3 is 3. The van der Waals surface area contributed by atoms with Gasteiger partial charge < -0.3 is 30.6 Å². The van der Waals surface area contributed by atoms with Crippen LogP contribution in [0.5, 0.6) is 17.2 Å². The van der Waals surface area contributed by atoms with Crippen LogP contribution in [0.25, 0.3) is 0 Å². The maximum atomic E-state index is 14.7. The normalized spacial score (nSPS) is 22.0. The number of primary amides is 2. The van der Waals surface area contributed by atoms with Crippen molar-refractivity contribution in [3.8, 4) is 17.2 Å². The van der Waals surface area contributed by atoms with Gasteiger partial charge in [0, 0.05) is 6.54 Å². The number of amides is 3. The first kappa shape index (κ1) is 29.6. The maximum Gasteiger partial charge on any atom is 0.244 e. The third kappa shape index (κ3) is 5.71. The average Bonchev–Trinajstić information content (AvgIpc) is 2.91. The summed E-state index contributed by atoms with van der Waals surface area (Å²) in [6, 6.07) is 3.65. The van der Waals surface area contributed by atoms with Crippen molar-refractivity contribution >= 4 is 17.7 Å². The van der Waals surface area contributed by atoms with E-state index in [1.165, 1.54) is 7.11 Å². The fourth-order valence-corrected chi connectivity index (χ4v) is 6.65. The SMILES string of the molecule is COc1cc([C@@H](C(=O)N2CCCCC2(C(N)=O)[C@H](CC(C)C)C(N)=O)C2CCCCC2)cc(OC)c1OC. The molecule has 1 aliphatic heterocycles. The van der Waals surface area contributed by atoms with Gasteiger partial charge in [0.1, 0.15) is 5.54 Å². The van der Waals surface area contributed by atoms with E-state index < -0.39 is 29.2 Å². The van der Waals surface area contributed by atoms with Gasteiger partial charge in [0.15, 0.2) is 11.5 Å². The zero-order valence-corrected chi connectivity index (χ0v) is 23.6. The van der Waals surface area contributed by atoms with Crippen molar-refractivity contribution in [2.75, 3.05) is 27.9 Å². The lowest BCUT2D eigenvalue weighted by Crippen LogP contribution is -2.68. The summed E-state index contributed by atoms with van der Waals surface area (Å²) in [4.78, 5) is 42.5. The van der Waals surface area contributed by atoms with Crippen molar-refractivity contribution in [3.63, 3.8) is 0 Å². The van der Waals surface area contributed by atoms with E-state index in [0.717, 1.165) is 44.1 Å². The van der Waals surface area contributed by atoms with Gasteiger partial charge in [0.05, 0.1) is 33.2 Å². The predicted octanol–water partition coefficient (Wildman–Crippen LogP) is 3.76. The number of piperidine rings is 1. The molecule has 3 rings (SSSR count). The van der Waals surface area contributed by atoms with Gasteiger partial charge in [-0.2, -0.15) is 0 Å². The molecule has 0 aromatic heterocycles. The molecule has 1 aromatic carbocycles. The first-order valence-corrected chi connectivity index (χ1v) is 13.8. The van der Waals surface area contributed by atoms with Crippen LogP contribution in [-0.4, -0.2) is 56.0 Å². The molecule has 38 heavy (non-hydrogen) atoms. The summed E-state index contributed by atoms with van der Waals surface area (Å²) in [6.07, 6.45) is 7.05. The minimum atomic E-state index is -1.46. The van der Waals surface area contributed by atoms with E-state index in [1.807, 2.05) is 26.0 Å². The Morgan fingerprint density at radius 1 is 0.947 bits per heavy atom. The Morgan fingerprint density at radius 3 is 2.03 bits per heavy atom. The highest BCUT2D eigenvalue weighted by molar-refractivity contribution is 5.97. The number of nitrogens with zero attached hydrogens (tertiary/aromatic N) is 1. The molecule has 1 aromatic rings. The highest BCUT2D eigenvalue weighted by atomic mass is 16.5. The molecule has 4 N–H and O–H groups in total. The summed E-state index contributed by atoms with van der Waals surface area (Å²) >= 11 is 0. The van der Waals surface area contributed by atoms with E-state index in [1.54, 1.807) is 19.1 Å². The Hall–Kier alpha value is -2.97. The summed E-state index contributed by atoms with van der Waals surface area (Å²) in [7, 11) is 4.63. The molecule has 0 bridgehead atoms. The first-order valence-electron chi connectivity index (χ1n) is 13.8. The molecule has 212 valence electrons. The lowest BCUT2D eigenvalue weighted by molar-refractivity contribution is -0.159. The zero-order chi connectivity index (χ0) is 28.0. The maximum absolute atomic E-state index is 14.7. The number of ether oxygens (including phenoxy) is 3. The number of carbonyl (C=O) groups is 3. The van der Waals surface area contributed by atoms with Gasteiger partial charge in [0.2, 0.25) is 23.5 Å². The summed E-state index contributed by atoms with van der Waals surface area (Å²) in [5.41, 5.74) is 11.3. The molecule has 9 nitrogen and oxygen atoms in total. The fraction of sp³-hybridized carbons (Fsp3) is 0.690. The smallest absolute Gasteiger partial charge is 0.244 e. The Kier molecular flexibility index (Phi) is 9.90. The van der Waals surface area contributed by atoms with Crippen molar-refractivity contribution < 1.29 is 28.6 Å². The van der Waals surface area contributed by atoms with E-state index in [-0.39, 0.29) is 17.7 Å². The molecular weight excluding hydrogens is 486 g/mol. The van der Waals surface area contributed by atoms with Crippen LogP contribution in [0.4, 0.5) is 0 Å². The Balaban J connectivity index is 2.19. The molecule has 1 saturated heterocycles. The van der Waals surface area contributed by atoms with Gasteiger partial charge in [-0.1, -0.05) is 33.1 Å². The quantitative estimate of drug-likeness (QED) is 0.446. The standard InChI is InChI=1S/C29H45N3O6/c1-18(2)15-21(26(30)33)29(28(31)35)13-9-10-14-32(29)27(34)24(19-11-7-6-8-12-19)20-16-22(36-3)25(38-5)23(17-20)37-4/h16-19,21,24H,6-15H2,1-5H3,(H2,30,33)(H2,31,35)/t21-,24+,29?/m1/s1. The topological polar surface area (TPSA) is 134 Å². The first-order chi connectivity index (χ1) is 18.1. The number of likely N-dealkylation sites (tertiary alicyclic amines) is 1. The summed E-state index contributed by atoms with van der Waals surface area (Å²) in [6.45, 7) is 4.29. The molecule has 3 atom stereocenters. The molecule has 9 heteroatoms. The highest BCUT2D eigenvalue weighted by Gasteiger charge is 2.55. The van der Waals surface area contributed by atoms with E-state index in [2.05, 4.69) is 0 Å². The van der Waals surface area contributed by atoms with E-state index in [9.17, 15) is 14.4 Å². The molecule has 1 saturated carbocycles. The summed E-state index contributed by atoms with van der Waals surface area (Å²) < 4.78 is 16.7. The van der Waals surface area contributed by atoms with Gasteiger partial charge in [-0.25, -0.2) is 0 Å². The Morgan fingerprint density at radius 2 is 1.55 bits per heavy atom. The van der Waals surface area contributed by atoms with Crippen LogP contribution in [0.3, 0.4) is 0 Å². The average molecular weight is 532 g/mol. The molecule has 0 radical (unpaired) electrons. The zero-order valence-electron chi connectivity index (χ0n) is 23.6. The van der Waals surface area contributed by atoms with Crippen LogP contribution in [0, 0.1) is 17.8 Å². The molecule has 3 amide bonds. The number of benzene rings is 1. The van der Waals surface area contributed by atoms with E-state index >= 15 is 0 Å². The largest absolute Gasteiger partial charge is 0.493 e. The number of carbonyl (C=O) groups excluding carboxylic acids is 3. The third-order valence-corrected chi connectivity index (χ3v) is 8.42. The molecule has 2 fully saturated rings. The second-order valence-electron chi connectivity index (χ2n) is 11.2. The molecular formula is C29H45N3O6. The molecule has 2 aliphatic rings. The predicted molar refractivity (Wildman–Crippen MR) is 145 cm³/mol. The minimum Gasteiger partial charge on any atom is -0.493 e. The number of hydrogen-bond donors (Lipinski definition) is 2. The van der Waals surface area contributed by atoms with Crippen LogP contribution >= 0.6 is 0 Å². The lowest BCUT2D eigenvalue weighted by Gasteiger charge is -2.50.